The molecule has 0 aliphatic carbocycles. The zero-order valence-electron chi connectivity index (χ0n) is 20.1. The first-order valence-electron chi connectivity index (χ1n) is 11.8. The molecule has 2 aliphatic rings. The Balaban J connectivity index is 1.36. The van der Waals surface area contributed by atoms with Crippen LogP contribution in [0.4, 0.5) is 14.6 Å². The van der Waals surface area contributed by atoms with Crippen LogP contribution in [0.2, 0.25) is 5.02 Å². The molecule has 38 heavy (non-hydrogen) atoms. The third-order valence-electron chi connectivity index (χ3n) is 6.61. The molecular formula is C23H16ClF2I2N9O. The van der Waals surface area contributed by atoms with Gasteiger partial charge in [-0.15, -0.1) is 5.10 Å². The molecule has 0 spiro atoms. The molecule has 5 heterocycles. The number of carbonyl (C=O) groups is 1. The number of nitrogens with zero attached hydrogens (tertiary/aromatic N) is 7. The van der Waals surface area contributed by atoms with E-state index in [0.717, 1.165) is 0 Å². The number of rotatable bonds is 4. The molecule has 2 aliphatic heterocycles. The SMILES string of the molecule is [2H]c1c(I)c(N)nc(F)c1-c1nc([C@@H]2CC[C@@H]3CC(c4c(-n5cnnn5)ccc(Cl)c4F)=CC(=O)N32)[nH]c1I. The topological polar surface area (TPSA) is 132 Å². The first-order chi connectivity index (χ1) is 18.7. The predicted octanol–water partition coefficient (Wildman–Crippen LogP) is 4.69. The average Bonchev–Trinajstić information content (AvgIpc) is 3.65. The minimum atomic E-state index is -0.887. The van der Waals surface area contributed by atoms with E-state index in [9.17, 15) is 9.18 Å². The van der Waals surface area contributed by atoms with Gasteiger partial charge in [0, 0.05) is 17.7 Å². The second-order valence-electron chi connectivity index (χ2n) is 8.76. The van der Waals surface area contributed by atoms with Gasteiger partial charge in [-0.1, -0.05) is 11.6 Å². The zero-order chi connectivity index (χ0) is 27.6. The van der Waals surface area contributed by atoms with E-state index in [1.54, 1.807) is 11.0 Å². The summed E-state index contributed by atoms with van der Waals surface area (Å²) in [5.74, 6) is -1.45. The standard InChI is InChI=1S/C23H16ClF2I2N9O/c24-12-2-4-14(36-8-30-34-35-36)17(18(12)25)9-5-10-1-3-15(37(10)16(38)6-9)23-31-19(21(28)33-23)11-7-13(27)22(29)32-20(11)26/h2,4,6-8,10,15H,1,3,5H2,(H2,29,32)(H,31,33)/t10-,15+/m1/s1/i7D. The number of aromatic amines is 1. The van der Waals surface area contributed by atoms with Gasteiger partial charge in [0.25, 0.3) is 0 Å². The quantitative estimate of drug-likeness (QED) is 0.228. The number of hydrogen-bond acceptors (Lipinski definition) is 7. The fourth-order valence-corrected chi connectivity index (χ4v) is 6.20. The van der Waals surface area contributed by atoms with Gasteiger partial charge >= 0.3 is 0 Å². The van der Waals surface area contributed by atoms with Crippen molar-refractivity contribution in [3.05, 3.63) is 66.0 Å². The Morgan fingerprint density at radius 2 is 2.05 bits per heavy atom. The molecule has 1 saturated heterocycles. The maximum Gasteiger partial charge on any atom is 0.247 e. The van der Waals surface area contributed by atoms with E-state index in [0.29, 0.717) is 43.6 Å². The number of tetrazole rings is 1. The highest BCUT2D eigenvalue weighted by atomic mass is 127. The van der Waals surface area contributed by atoms with Crippen LogP contribution in [0.15, 0.2) is 30.6 Å². The van der Waals surface area contributed by atoms with Crippen LogP contribution in [0, 0.1) is 19.0 Å². The van der Waals surface area contributed by atoms with Gasteiger partial charge in [0.2, 0.25) is 11.9 Å². The summed E-state index contributed by atoms with van der Waals surface area (Å²) in [6.45, 7) is 0. The monoisotopic (exact) mass is 762 g/mol. The molecule has 2 atom stereocenters. The van der Waals surface area contributed by atoms with Crippen molar-refractivity contribution in [3.8, 4) is 16.9 Å². The maximum absolute atomic E-state index is 15.3. The molecular weight excluding hydrogens is 746 g/mol. The van der Waals surface area contributed by atoms with E-state index in [-0.39, 0.29) is 45.7 Å². The largest absolute Gasteiger partial charge is 0.383 e. The smallest absolute Gasteiger partial charge is 0.247 e. The summed E-state index contributed by atoms with van der Waals surface area (Å²) in [5.41, 5.74) is 6.91. The van der Waals surface area contributed by atoms with Crippen LogP contribution >= 0.6 is 56.8 Å². The number of amides is 1. The molecule has 0 saturated carbocycles. The molecule has 1 aromatic carbocycles. The molecule has 0 unspecified atom stereocenters. The van der Waals surface area contributed by atoms with Gasteiger partial charge in [-0.05, 0) is 98.6 Å². The van der Waals surface area contributed by atoms with Crippen LogP contribution in [0.5, 0.6) is 0 Å². The zero-order valence-corrected chi connectivity index (χ0v) is 24.2. The molecule has 3 N–H and O–H groups in total. The lowest BCUT2D eigenvalue weighted by atomic mass is 9.92. The van der Waals surface area contributed by atoms with Crippen molar-refractivity contribution in [3.63, 3.8) is 0 Å². The van der Waals surface area contributed by atoms with E-state index >= 15 is 4.39 Å². The normalized spacial score (nSPS) is 19.5. The Labute approximate surface area is 247 Å². The number of H-pyrrole nitrogens is 1. The van der Waals surface area contributed by atoms with E-state index < -0.39 is 17.8 Å². The number of hydrogen-bond donors (Lipinski definition) is 2. The first-order valence-corrected chi connectivity index (χ1v) is 13.8. The van der Waals surface area contributed by atoms with Crippen molar-refractivity contribution < 1.29 is 14.9 Å². The van der Waals surface area contributed by atoms with Gasteiger partial charge in [-0.3, -0.25) is 4.79 Å². The highest BCUT2D eigenvalue weighted by Crippen LogP contribution is 2.44. The van der Waals surface area contributed by atoms with Gasteiger partial charge in [0.05, 0.1) is 27.3 Å². The second kappa shape index (κ2) is 9.78. The molecule has 0 bridgehead atoms. The number of nitrogens with one attached hydrogen (secondary N) is 1. The van der Waals surface area contributed by atoms with Crippen LogP contribution in [0.3, 0.4) is 0 Å². The number of carbonyl (C=O) groups excluding carboxylic acids is 1. The van der Waals surface area contributed by atoms with E-state index in [1.165, 1.54) is 23.2 Å². The van der Waals surface area contributed by atoms with Crippen LogP contribution in [0.25, 0.3) is 22.5 Å². The van der Waals surface area contributed by atoms with Crippen molar-refractivity contribution in [1.82, 2.24) is 40.1 Å². The Hall–Kier alpha value is -2.73. The Bertz CT molecular complexity index is 1680. The highest BCUT2D eigenvalue weighted by Gasteiger charge is 2.42. The molecule has 15 heteroatoms. The van der Waals surface area contributed by atoms with Crippen LogP contribution in [-0.4, -0.2) is 52.0 Å². The molecule has 3 aromatic heterocycles. The summed E-state index contributed by atoms with van der Waals surface area (Å²) >= 11 is 9.94. The number of imidazole rings is 1. The summed E-state index contributed by atoms with van der Waals surface area (Å²) < 4.78 is 40.6. The highest BCUT2D eigenvalue weighted by molar-refractivity contribution is 14.1. The summed E-state index contributed by atoms with van der Waals surface area (Å²) in [6, 6.07) is 2.27. The molecule has 0 radical (unpaired) electrons. The lowest BCUT2D eigenvalue weighted by Gasteiger charge is -2.33. The van der Waals surface area contributed by atoms with Gasteiger partial charge in [0.15, 0.2) is 5.82 Å². The Kier molecular flexibility index (Phi) is 6.26. The number of pyridine rings is 1. The lowest BCUT2D eigenvalue weighted by Crippen LogP contribution is -2.39. The van der Waals surface area contributed by atoms with Gasteiger partial charge in [-0.2, -0.15) is 9.07 Å². The average molecular weight is 763 g/mol. The number of benzene rings is 1. The molecule has 1 amide bonds. The summed E-state index contributed by atoms with van der Waals surface area (Å²) in [4.78, 5) is 26.7. The summed E-state index contributed by atoms with van der Waals surface area (Å²) in [7, 11) is 0. The fourth-order valence-electron chi connectivity index (χ4n) is 4.99. The van der Waals surface area contributed by atoms with Crippen LogP contribution < -0.4 is 5.73 Å². The van der Waals surface area contributed by atoms with Crippen LogP contribution in [-0.2, 0) is 4.79 Å². The number of halogens is 5. The molecule has 6 rings (SSSR count). The summed E-state index contributed by atoms with van der Waals surface area (Å²) in [6.07, 6.45) is 4.35. The summed E-state index contributed by atoms with van der Waals surface area (Å²) in [5, 5.41) is 11.0. The van der Waals surface area contributed by atoms with Crippen molar-refractivity contribution in [2.45, 2.75) is 31.3 Å². The van der Waals surface area contributed by atoms with Crippen LogP contribution in [0.1, 0.15) is 38.1 Å². The Morgan fingerprint density at radius 3 is 2.82 bits per heavy atom. The lowest BCUT2D eigenvalue weighted by molar-refractivity contribution is -0.129. The second-order valence-corrected chi connectivity index (χ2v) is 11.3. The third-order valence-corrected chi connectivity index (χ3v) is 8.51. The maximum atomic E-state index is 15.3. The molecule has 10 nitrogen and oxygen atoms in total. The molecule has 4 aromatic rings. The molecule has 1 fully saturated rings. The first kappa shape index (κ1) is 24.3. The number of fused-ring (bicyclic) bond motifs is 1. The third kappa shape index (κ3) is 4.25. The minimum Gasteiger partial charge on any atom is -0.383 e. The van der Waals surface area contributed by atoms with E-state index in [4.69, 9.17) is 18.7 Å². The predicted molar refractivity (Wildman–Crippen MR) is 151 cm³/mol. The van der Waals surface area contributed by atoms with Gasteiger partial charge in [-0.25, -0.2) is 14.4 Å². The molecule has 194 valence electrons. The van der Waals surface area contributed by atoms with Crippen molar-refractivity contribution in [1.29, 1.82) is 0 Å². The Morgan fingerprint density at radius 1 is 1.24 bits per heavy atom. The number of anilines is 1. The van der Waals surface area contributed by atoms with Crippen molar-refractivity contribution in [2.24, 2.45) is 0 Å². The van der Waals surface area contributed by atoms with Crippen molar-refractivity contribution in [2.75, 3.05) is 5.73 Å². The van der Waals surface area contributed by atoms with Gasteiger partial charge in [0.1, 0.15) is 27.4 Å². The van der Waals surface area contributed by atoms with E-state index in [1.807, 2.05) is 45.2 Å². The van der Waals surface area contributed by atoms with E-state index in [2.05, 4.69) is 30.5 Å². The number of nitrogens with two attached hydrogens (primary N) is 1. The fraction of sp³-hybridized carbons (Fsp3) is 0.217. The van der Waals surface area contributed by atoms with Crippen molar-refractivity contribution >= 4 is 74.1 Å². The van der Waals surface area contributed by atoms with Gasteiger partial charge < -0.3 is 15.6 Å². The number of aromatic nitrogens is 7. The minimum absolute atomic E-state index is 0.0613. The number of nitrogen functional groups attached to an aromatic ring is 1.